The number of hydrogen-bond acceptors (Lipinski definition) is 4. The maximum absolute atomic E-state index is 13.3. The van der Waals surface area contributed by atoms with E-state index in [1.807, 2.05) is 13.0 Å². The number of carbonyl (C=O) groups excluding carboxylic acids is 1. The van der Waals surface area contributed by atoms with Crippen molar-refractivity contribution in [3.8, 4) is 0 Å². The lowest BCUT2D eigenvalue weighted by molar-refractivity contribution is -0.123. The number of benzene rings is 1. The molecule has 24 heavy (non-hydrogen) atoms. The van der Waals surface area contributed by atoms with Crippen LogP contribution in [0.4, 0.5) is 10.1 Å². The molecule has 1 fully saturated rings. The van der Waals surface area contributed by atoms with Crippen LogP contribution in [0.3, 0.4) is 0 Å². The number of halogens is 1. The summed E-state index contributed by atoms with van der Waals surface area (Å²) in [4.78, 5) is 14.2. The molecule has 1 atom stereocenters. The van der Waals surface area contributed by atoms with Crippen LogP contribution < -0.4 is 10.2 Å². The molecule has 1 aromatic carbocycles. The largest absolute Gasteiger partial charge is 0.382 e. The maximum atomic E-state index is 13.3. The van der Waals surface area contributed by atoms with Gasteiger partial charge in [-0.3, -0.25) is 4.79 Å². The van der Waals surface area contributed by atoms with Gasteiger partial charge in [0, 0.05) is 38.3 Å². The fraction of sp³-hybridized carbons (Fsp3) is 0.611. The van der Waals surface area contributed by atoms with Gasteiger partial charge >= 0.3 is 0 Å². The van der Waals surface area contributed by atoms with Gasteiger partial charge in [-0.25, -0.2) is 4.39 Å². The summed E-state index contributed by atoms with van der Waals surface area (Å²) in [6, 6.07) is 4.98. The van der Waals surface area contributed by atoms with Crippen molar-refractivity contribution in [3.63, 3.8) is 0 Å². The summed E-state index contributed by atoms with van der Waals surface area (Å²) in [5.74, 6) is -0.207. The molecule has 134 valence electrons. The van der Waals surface area contributed by atoms with E-state index in [4.69, 9.17) is 9.47 Å². The molecule has 0 saturated carbocycles. The van der Waals surface area contributed by atoms with Crippen molar-refractivity contribution < 1.29 is 18.7 Å². The number of piperidine rings is 1. The molecule has 1 aliphatic heterocycles. The standard InChI is InChI=1S/C18H27FN2O3/c1-14-12-15(19)5-6-17(14)21-8-3-4-16(13-21)20-18(22)7-9-24-11-10-23-2/h5-6,12,16H,3-4,7-11,13H2,1-2H3,(H,20,22)/t16-/m1/s1. The zero-order valence-electron chi connectivity index (χ0n) is 14.5. The molecule has 5 nitrogen and oxygen atoms in total. The highest BCUT2D eigenvalue weighted by atomic mass is 19.1. The van der Waals surface area contributed by atoms with Crippen molar-refractivity contribution in [1.82, 2.24) is 5.32 Å². The lowest BCUT2D eigenvalue weighted by atomic mass is 10.0. The highest BCUT2D eigenvalue weighted by molar-refractivity contribution is 5.76. The Labute approximate surface area is 143 Å². The van der Waals surface area contributed by atoms with Crippen LogP contribution in [0.1, 0.15) is 24.8 Å². The quantitative estimate of drug-likeness (QED) is 0.739. The minimum atomic E-state index is -0.216. The number of hydrogen-bond donors (Lipinski definition) is 1. The van der Waals surface area contributed by atoms with E-state index >= 15 is 0 Å². The van der Waals surface area contributed by atoms with Crippen LogP contribution in [0.25, 0.3) is 0 Å². The van der Waals surface area contributed by atoms with Crippen molar-refractivity contribution >= 4 is 11.6 Å². The minimum absolute atomic E-state index is 0.00935. The molecular formula is C18H27FN2O3. The number of carbonyl (C=O) groups is 1. The van der Waals surface area contributed by atoms with Gasteiger partial charge in [-0.2, -0.15) is 0 Å². The molecule has 2 rings (SSSR count). The maximum Gasteiger partial charge on any atom is 0.222 e. The first-order chi connectivity index (χ1) is 11.6. The molecule has 0 aliphatic carbocycles. The van der Waals surface area contributed by atoms with Crippen LogP contribution in [0.15, 0.2) is 18.2 Å². The summed E-state index contributed by atoms with van der Waals surface area (Å²) in [5.41, 5.74) is 1.96. The van der Waals surface area contributed by atoms with Gasteiger partial charge < -0.3 is 19.7 Å². The fourth-order valence-electron chi connectivity index (χ4n) is 3.00. The second-order valence-electron chi connectivity index (χ2n) is 6.14. The van der Waals surface area contributed by atoms with E-state index < -0.39 is 0 Å². The molecule has 6 heteroatoms. The van der Waals surface area contributed by atoms with Crippen LogP contribution in [0.5, 0.6) is 0 Å². The van der Waals surface area contributed by atoms with Gasteiger partial charge in [-0.15, -0.1) is 0 Å². The number of nitrogens with zero attached hydrogens (tertiary/aromatic N) is 1. The topological polar surface area (TPSA) is 50.8 Å². The molecule has 0 aromatic heterocycles. The fourth-order valence-corrected chi connectivity index (χ4v) is 3.00. The molecule has 1 saturated heterocycles. The lowest BCUT2D eigenvalue weighted by Crippen LogP contribution is -2.48. The summed E-state index contributed by atoms with van der Waals surface area (Å²) in [6.07, 6.45) is 2.33. The molecule has 1 amide bonds. The Kier molecular flexibility index (Phi) is 7.46. The summed E-state index contributed by atoms with van der Waals surface area (Å²) < 4.78 is 23.5. The highest BCUT2D eigenvalue weighted by Crippen LogP contribution is 2.24. The van der Waals surface area contributed by atoms with Crippen molar-refractivity contribution in [3.05, 3.63) is 29.6 Å². The molecule has 0 spiro atoms. The Morgan fingerprint density at radius 1 is 1.38 bits per heavy atom. The monoisotopic (exact) mass is 338 g/mol. The predicted molar refractivity (Wildman–Crippen MR) is 91.8 cm³/mol. The molecule has 1 N–H and O–H groups in total. The summed E-state index contributed by atoms with van der Waals surface area (Å²) in [5, 5.41) is 3.07. The van der Waals surface area contributed by atoms with Crippen LogP contribution in [-0.2, 0) is 14.3 Å². The molecular weight excluding hydrogens is 311 g/mol. The van der Waals surface area contributed by atoms with E-state index in [0.29, 0.717) is 26.2 Å². The van der Waals surface area contributed by atoms with E-state index in [2.05, 4.69) is 10.2 Å². The van der Waals surface area contributed by atoms with Gasteiger partial charge in [0.25, 0.3) is 0 Å². The average molecular weight is 338 g/mol. The number of rotatable bonds is 8. The Bertz CT molecular complexity index is 539. The first-order valence-corrected chi connectivity index (χ1v) is 8.47. The van der Waals surface area contributed by atoms with Gasteiger partial charge in [-0.05, 0) is 43.5 Å². The number of aryl methyl sites for hydroxylation is 1. The van der Waals surface area contributed by atoms with Crippen molar-refractivity contribution in [2.45, 2.75) is 32.2 Å². The highest BCUT2D eigenvalue weighted by Gasteiger charge is 2.22. The van der Waals surface area contributed by atoms with E-state index in [-0.39, 0.29) is 17.8 Å². The van der Waals surface area contributed by atoms with Crippen molar-refractivity contribution in [1.29, 1.82) is 0 Å². The zero-order valence-corrected chi connectivity index (χ0v) is 14.5. The molecule has 0 radical (unpaired) electrons. The van der Waals surface area contributed by atoms with E-state index in [1.165, 1.54) is 6.07 Å². The molecule has 1 heterocycles. The normalized spacial score (nSPS) is 17.8. The Morgan fingerprint density at radius 3 is 2.96 bits per heavy atom. The summed E-state index contributed by atoms with van der Waals surface area (Å²) in [6.45, 7) is 5.05. The first kappa shape index (κ1) is 18.7. The van der Waals surface area contributed by atoms with Gasteiger partial charge in [-0.1, -0.05) is 0 Å². The SMILES string of the molecule is COCCOCCC(=O)N[C@@H]1CCCN(c2ccc(F)cc2C)C1. The number of anilines is 1. The van der Waals surface area contributed by atoms with Crippen molar-refractivity contribution in [2.24, 2.45) is 0 Å². The third-order valence-electron chi connectivity index (χ3n) is 4.19. The smallest absolute Gasteiger partial charge is 0.222 e. The number of amides is 1. The second kappa shape index (κ2) is 9.59. The first-order valence-electron chi connectivity index (χ1n) is 8.47. The van der Waals surface area contributed by atoms with Crippen molar-refractivity contribution in [2.75, 3.05) is 44.9 Å². The summed E-state index contributed by atoms with van der Waals surface area (Å²) in [7, 11) is 1.62. The molecule has 1 aromatic rings. The molecule has 0 bridgehead atoms. The Balaban J connectivity index is 1.79. The van der Waals surface area contributed by atoms with E-state index in [9.17, 15) is 9.18 Å². The van der Waals surface area contributed by atoms with Crippen LogP contribution >= 0.6 is 0 Å². The van der Waals surface area contributed by atoms with Gasteiger partial charge in [0.1, 0.15) is 5.82 Å². The Morgan fingerprint density at radius 2 is 2.21 bits per heavy atom. The Hall–Kier alpha value is -1.66. The predicted octanol–water partition coefficient (Wildman–Crippen LogP) is 2.27. The van der Waals surface area contributed by atoms with E-state index in [1.54, 1.807) is 13.2 Å². The van der Waals surface area contributed by atoms with E-state index in [0.717, 1.165) is 37.2 Å². The molecule has 0 unspecified atom stereocenters. The van der Waals surface area contributed by atoms with Gasteiger partial charge in [0.15, 0.2) is 0 Å². The van der Waals surface area contributed by atoms with Crippen LogP contribution in [0.2, 0.25) is 0 Å². The minimum Gasteiger partial charge on any atom is -0.382 e. The van der Waals surface area contributed by atoms with Crippen LogP contribution in [0, 0.1) is 12.7 Å². The number of methoxy groups -OCH3 is 1. The summed E-state index contributed by atoms with van der Waals surface area (Å²) >= 11 is 0. The molecule has 1 aliphatic rings. The van der Waals surface area contributed by atoms with Gasteiger partial charge in [0.05, 0.1) is 19.8 Å². The third-order valence-corrected chi connectivity index (χ3v) is 4.19. The number of nitrogens with one attached hydrogen (secondary N) is 1. The van der Waals surface area contributed by atoms with Gasteiger partial charge in [0.2, 0.25) is 5.91 Å². The third kappa shape index (κ3) is 5.76. The lowest BCUT2D eigenvalue weighted by Gasteiger charge is -2.35. The second-order valence-corrected chi connectivity index (χ2v) is 6.14. The zero-order chi connectivity index (χ0) is 17.4. The average Bonchev–Trinajstić information content (AvgIpc) is 2.55. The van der Waals surface area contributed by atoms with Crippen LogP contribution in [-0.4, -0.2) is 52.0 Å². The number of ether oxygens (including phenoxy) is 2.